The molecule has 3 nitrogen and oxygen atoms in total. The summed E-state index contributed by atoms with van der Waals surface area (Å²) in [7, 11) is 0. The highest BCUT2D eigenvalue weighted by atomic mass is 32.1. The van der Waals surface area contributed by atoms with E-state index in [-0.39, 0.29) is 0 Å². The maximum atomic E-state index is 6.96. The molecule has 59 heavy (non-hydrogen) atoms. The number of para-hydroxylation sites is 4. The molecule has 0 atom stereocenters. The van der Waals surface area contributed by atoms with Crippen molar-refractivity contribution in [3.05, 3.63) is 194 Å². The number of hydrogen-bond acceptors (Lipinski definition) is 4. The Morgan fingerprint density at radius 3 is 1.69 bits per heavy atom. The summed E-state index contributed by atoms with van der Waals surface area (Å²) in [4.78, 5) is 2.43. The fraction of sp³-hybridized carbons (Fsp3) is 0. The van der Waals surface area contributed by atoms with Crippen LogP contribution in [-0.4, -0.2) is 4.57 Å². The van der Waals surface area contributed by atoms with Crippen LogP contribution in [0.15, 0.2) is 199 Å². The lowest BCUT2D eigenvalue weighted by molar-refractivity contribution is 0.669. The quantitative estimate of drug-likeness (QED) is 0.173. The van der Waals surface area contributed by atoms with Crippen LogP contribution in [-0.2, 0) is 0 Å². The van der Waals surface area contributed by atoms with Crippen LogP contribution in [0.1, 0.15) is 0 Å². The topological polar surface area (TPSA) is 21.3 Å². The zero-order valence-electron chi connectivity index (χ0n) is 31.6. The number of anilines is 3. The van der Waals surface area contributed by atoms with Gasteiger partial charge in [-0.3, -0.25) is 0 Å². The Hall–Kier alpha value is -7.18. The predicted octanol–water partition coefficient (Wildman–Crippen LogP) is 16.6. The van der Waals surface area contributed by atoms with Gasteiger partial charge in [0.25, 0.3) is 0 Å². The van der Waals surface area contributed by atoms with Crippen molar-refractivity contribution in [2.75, 3.05) is 4.90 Å². The fourth-order valence-electron chi connectivity index (χ4n) is 9.36. The molecule has 0 aliphatic heterocycles. The van der Waals surface area contributed by atoms with E-state index in [1.54, 1.807) is 0 Å². The maximum absolute atomic E-state index is 6.96. The molecule has 0 saturated heterocycles. The third-order valence-electron chi connectivity index (χ3n) is 12.0. The summed E-state index contributed by atoms with van der Waals surface area (Å²) in [5.74, 6) is 0. The number of fused-ring (bicyclic) bond motifs is 12. The second-order valence-electron chi connectivity index (χ2n) is 15.3. The zero-order valence-corrected chi connectivity index (χ0v) is 33.2. The third-order valence-corrected chi connectivity index (χ3v) is 14.2. The Kier molecular flexibility index (Phi) is 7.05. The first-order valence-electron chi connectivity index (χ1n) is 19.9. The van der Waals surface area contributed by atoms with Crippen molar-refractivity contribution in [3.8, 4) is 16.8 Å². The average molecular weight is 789 g/mol. The Labute approximate surface area is 346 Å². The van der Waals surface area contributed by atoms with Gasteiger partial charge in [0.2, 0.25) is 0 Å². The number of nitrogens with zero attached hydrogens (tertiary/aromatic N) is 2. The molecular formula is C54H32N2OS2. The Balaban J connectivity index is 1.14. The number of thiophene rings is 2. The van der Waals surface area contributed by atoms with Crippen LogP contribution in [0.4, 0.5) is 17.1 Å². The predicted molar refractivity (Wildman–Crippen MR) is 254 cm³/mol. The molecule has 0 aliphatic rings. The molecule has 4 heterocycles. The molecule has 0 radical (unpaired) electrons. The van der Waals surface area contributed by atoms with Crippen molar-refractivity contribution >= 4 is 124 Å². The second-order valence-corrected chi connectivity index (χ2v) is 17.4. The van der Waals surface area contributed by atoms with E-state index < -0.39 is 0 Å². The number of aromatic nitrogens is 1. The van der Waals surface area contributed by atoms with E-state index >= 15 is 0 Å². The molecule has 0 bridgehead atoms. The van der Waals surface area contributed by atoms with E-state index in [1.807, 2.05) is 22.7 Å². The van der Waals surface area contributed by atoms with E-state index in [2.05, 4.69) is 204 Å². The number of rotatable bonds is 5. The highest BCUT2D eigenvalue weighted by Gasteiger charge is 2.24. The largest absolute Gasteiger partial charge is 0.454 e. The third kappa shape index (κ3) is 4.93. The molecule has 13 rings (SSSR count). The molecule has 9 aromatic carbocycles. The van der Waals surface area contributed by atoms with Gasteiger partial charge in [0.15, 0.2) is 5.58 Å². The van der Waals surface area contributed by atoms with Gasteiger partial charge in [-0.2, -0.15) is 0 Å². The van der Waals surface area contributed by atoms with E-state index in [0.29, 0.717) is 0 Å². The minimum Gasteiger partial charge on any atom is -0.454 e. The molecule has 0 aliphatic carbocycles. The van der Waals surface area contributed by atoms with Crippen LogP contribution in [0.2, 0.25) is 0 Å². The Bertz CT molecular complexity index is 3700. The van der Waals surface area contributed by atoms with E-state index in [4.69, 9.17) is 4.42 Å². The SMILES string of the molecule is c1ccc(-n2c3ccccc3c3cccc(-c4cc(N(c5ccc6c(c5)sc5ccccc56)c5ccc6c(c5)sc5ccccc56)c5oc6ccccc6c5c4)c32)cc1. The summed E-state index contributed by atoms with van der Waals surface area (Å²) in [6.07, 6.45) is 0. The normalized spacial score (nSPS) is 12.1. The van der Waals surface area contributed by atoms with Gasteiger partial charge in [-0.05, 0) is 78.4 Å². The summed E-state index contributed by atoms with van der Waals surface area (Å²) < 4.78 is 14.5. The molecule has 4 aromatic heterocycles. The number of furan rings is 1. The zero-order chi connectivity index (χ0) is 38.6. The monoisotopic (exact) mass is 788 g/mol. The average Bonchev–Trinajstić information content (AvgIpc) is 4.05. The molecule has 0 fully saturated rings. The highest BCUT2D eigenvalue weighted by Crippen LogP contribution is 2.49. The van der Waals surface area contributed by atoms with Crippen LogP contribution in [0.5, 0.6) is 0 Å². The molecule has 0 unspecified atom stereocenters. The van der Waals surface area contributed by atoms with Crippen molar-refractivity contribution in [1.82, 2.24) is 4.57 Å². The molecule has 13 aromatic rings. The smallest absolute Gasteiger partial charge is 0.159 e. The lowest BCUT2D eigenvalue weighted by Crippen LogP contribution is -2.10. The standard InChI is InChI=1S/C54H32N2OS2/c1-2-13-34(14-3-1)56-46-21-8-4-15-38(46)44-20-12-19-37(53(44)56)33-29-45-39-16-5-9-22-48(39)57-54(45)47(30-33)55(35-25-27-42-40-17-6-10-23-49(40)58-51(42)31-35)36-26-28-43-41-18-7-11-24-50(41)59-52(43)32-36/h1-32H. The van der Waals surface area contributed by atoms with Crippen molar-refractivity contribution in [1.29, 1.82) is 0 Å². The minimum atomic E-state index is 0.860. The Morgan fingerprint density at radius 2 is 0.983 bits per heavy atom. The first-order chi connectivity index (χ1) is 29.2. The van der Waals surface area contributed by atoms with E-state index in [9.17, 15) is 0 Å². The summed E-state index contributed by atoms with van der Waals surface area (Å²) in [5, 5.41) is 9.78. The molecule has 0 saturated carbocycles. The lowest BCUT2D eigenvalue weighted by Gasteiger charge is -2.26. The molecule has 276 valence electrons. The summed E-state index contributed by atoms with van der Waals surface area (Å²) >= 11 is 3.70. The van der Waals surface area contributed by atoms with Gasteiger partial charge in [-0.25, -0.2) is 0 Å². The van der Waals surface area contributed by atoms with Crippen LogP contribution < -0.4 is 4.90 Å². The van der Waals surface area contributed by atoms with Crippen LogP contribution in [0, 0.1) is 0 Å². The minimum absolute atomic E-state index is 0.860. The van der Waals surface area contributed by atoms with E-state index in [0.717, 1.165) is 55.8 Å². The van der Waals surface area contributed by atoms with Crippen molar-refractivity contribution in [3.63, 3.8) is 0 Å². The molecule has 5 heteroatoms. The Morgan fingerprint density at radius 1 is 0.407 bits per heavy atom. The molecular weight excluding hydrogens is 757 g/mol. The van der Waals surface area contributed by atoms with Gasteiger partial charge in [-0.1, -0.05) is 121 Å². The second kappa shape index (κ2) is 12.7. The fourth-order valence-corrected chi connectivity index (χ4v) is 11.6. The van der Waals surface area contributed by atoms with Gasteiger partial charge >= 0.3 is 0 Å². The first kappa shape index (κ1) is 32.9. The van der Waals surface area contributed by atoms with Crippen LogP contribution in [0.3, 0.4) is 0 Å². The molecule has 0 N–H and O–H groups in total. The van der Waals surface area contributed by atoms with Gasteiger partial charge in [0, 0.05) is 84.5 Å². The summed E-state index contributed by atoms with van der Waals surface area (Å²) in [6.45, 7) is 0. The molecule has 0 amide bonds. The number of hydrogen-bond donors (Lipinski definition) is 0. The van der Waals surface area contributed by atoms with Crippen LogP contribution in [0.25, 0.3) is 101 Å². The van der Waals surface area contributed by atoms with Gasteiger partial charge in [0.05, 0.1) is 16.7 Å². The first-order valence-corrected chi connectivity index (χ1v) is 21.5. The summed E-state index contributed by atoms with van der Waals surface area (Å²) in [5.41, 5.74) is 10.7. The van der Waals surface area contributed by atoms with Crippen molar-refractivity contribution in [2.24, 2.45) is 0 Å². The van der Waals surface area contributed by atoms with Gasteiger partial charge in [-0.15, -0.1) is 22.7 Å². The summed E-state index contributed by atoms with van der Waals surface area (Å²) in [6, 6.07) is 70.8. The highest BCUT2D eigenvalue weighted by molar-refractivity contribution is 7.26. The van der Waals surface area contributed by atoms with E-state index in [1.165, 1.54) is 62.2 Å². The van der Waals surface area contributed by atoms with Crippen LogP contribution >= 0.6 is 22.7 Å². The lowest BCUT2D eigenvalue weighted by atomic mass is 9.98. The van der Waals surface area contributed by atoms with Crippen molar-refractivity contribution in [2.45, 2.75) is 0 Å². The van der Waals surface area contributed by atoms with Crippen molar-refractivity contribution < 1.29 is 4.42 Å². The number of benzene rings is 9. The molecule has 0 spiro atoms. The maximum Gasteiger partial charge on any atom is 0.159 e. The van der Waals surface area contributed by atoms with Gasteiger partial charge < -0.3 is 13.9 Å². The van der Waals surface area contributed by atoms with Gasteiger partial charge in [0.1, 0.15) is 5.58 Å².